The van der Waals surface area contributed by atoms with E-state index in [0.717, 1.165) is 42.5 Å². The number of anilines is 1. The Morgan fingerprint density at radius 2 is 1.84 bits per heavy atom. The minimum absolute atomic E-state index is 0. The Morgan fingerprint density at radius 1 is 1.16 bits per heavy atom. The molecule has 1 aromatic rings. The van der Waals surface area contributed by atoms with Crippen molar-refractivity contribution in [2.75, 3.05) is 18.9 Å². The lowest BCUT2D eigenvalue weighted by Gasteiger charge is -2.13. The standard InChI is InChI=1S/C19H32N4O.HI/c1-5-7-18(24)23-17-11-9-16(10-12-17)14-22-19(20-4)21-13-6-8-15(2)3;/h9-12,15H,5-8,13-14H2,1-4H3,(H,23,24)(H2,20,21,22);1H. The van der Waals surface area contributed by atoms with Crippen molar-refractivity contribution in [3.8, 4) is 0 Å². The van der Waals surface area contributed by atoms with Gasteiger partial charge in [0.05, 0.1) is 0 Å². The highest BCUT2D eigenvalue weighted by Gasteiger charge is 2.02. The molecule has 0 spiro atoms. The maximum Gasteiger partial charge on any atom is 0.224 e. The van der Waals surface area contributed by atoms with Crippen LogP contribution in [0.15, 0.2) is 29.3 Å². The van der Waals surface area contributed by atoms with Gasteiger partial charge in [0, 0.05) is 32.2 Å². The zero-order valence-corrected chi connectivity index (χ0v) is 18.2. The molecule has 1 rings (SSSR count). The summed E-state index contributed by atoms with van der Waals surface area (Å²) in [6.07, 6.45) is 3.78. The predicted molar refractivity (Wildman–Crippen MR) is 118 cm³/mol. The molecule has 142 valence electrons. The van der Waals surface area contributed by atoms with E-state index in [4.69, 9.17) is 0 Å². The van der Waals surface area contributed by atoms with Crippen LogP contribution in [0.3, 0.4) is 0 Å². The topological polar surface area (TPSA) is 65.5 Å². The summed E-state index contributed by atoms with van der Waals surface area (Å²) in [5.74, 6) is 1.62. The van der Waals surface area contributed by atoms with Gasteiger partial charge in [0.15, 0.2) is 5.96 Å². The zero-order valence-electron chi connectivity index (χ0n) is 15.9. The van der Waals surface area contributed by atoms with E-state index in [0.29, 0.717) is 13.0 Å². The van der Waals surface area contributed by atoms with Crippen LogP contribution in [0.2, 0.25) is 0 Å². The number of halogens is 1. The molecule has 0 unspecified atom stereocenters. The molecule has 1 amide bonds. The van der Waals surface area contributed by atoms with Crippen molar-refractivity contribution in [2.45, 2.75) is 53.0 Å². The van der Waals surface area contributed by atoms with Crippen LogP contribution in [0.25, 0.3) is 0 Å². The molecule has 0 aliphatic carbocycles. The maximum absolute atomic E-state index is 11.6. The van der Waals surface area contributed by atoms with Crippen molar-refractivity contribution in [3.63, 3.8) is 0 Å². The average Bonchev–Trinajstić information content (AvgIpc) is 2.55. The number of guanidine groups is 1. The molecule has 0 saturated carbocycles. The first-order chi connectivity index (χ1) is 11.5. The molecule has 0 aromatic heterocycles. The van der Waals surface area contributed by atoms with Crippen LogP contribution in [0.5, 0.6) is 0 Å². The Kier molecular flexibility index (Phi) is 13.2. The highest BCUT2D eigenvalue weighted by Crippen LogP contribution is 2.10. The average molecular weight is 460 g/mol. The first-order valence-corrected chi connectivity index (χ1v) is 8.88. The van der Waals surface area contributed by atoms with Crippen LogP contribution in [-0.4, -0.2) is 25.5 Å². The molecular formula is C19H33IN4O. The lowest BCUT2D eigenvalue weighted by atomic mass is 10.1. The summed E-state index contributed by atoms with van der Waals surface area (Å²) in [6, 6.07) is 7.90. The molecule has 6 heteroatoms. The number of carbonyl (C=O) groups excluding carboxylic acids is 1. The number of hydrogen-bond donors (Lipinski definition) is 3. The molecule has 5 nitrogen and oxygen atoms in total. The van der Waals surface area contributed by atoms with Crippen LogP contribution >= 0.6 is 24.0 Å². The fourth-order valence-corrected chi connectivity index (χ4v) is 2.28. The maximum atomic E-state index is 11.6. The van der Waals surface area contributed by atoms with Gasteiger partial charge in [-0.15, -0.1) is 24.0 Å². The molecule has 0 fully saturated rings. The van der Waals surface area contributed by atoms with E-state index in [-0.39, 0.29) is 29.9 Å². The van der Waals surface area contributed by atoms with Gasteiger partial charge >= 0.3 is 0 Å². The van der Waals surface area contributed by atoms with Gasteiger partial charge < -0.3 is 16.0 Å². The van der Waals surface area contributed by atoms with Gasteiger partial charge in [-0.3, -0.25) is 9.79 Å². The van der Waals surface area contributed by atoms with Crippen LogP contribution < -0.4 is 16.0 Å². The molecule has 0 atom stereocenters. The quantitative estimate of drug-likeness (QED) is 0.225. The van der Waals surface area contributed by atoms with Gasteiger partial charge in [0.2, 0.25) is 5.91 Å². The van der Waals surface area contributed by atoms with Crippen LogP contribution in [0.1, 0.15) is 52.0 Å². The van der Waals surface area contributed by atoms with Crippen molar-refractivity contribution in [2.24, 2.45) is 10.9 Å². The van der Waals surface area contributed by atoms with Gasteiger partial charge in [-0.05, 0) is 42.9 Å². The van der Waals surface area contributed by atoms with Gasteiger partial charge in [0.25, 0.3) is 0 Å². The van der Waals surface area contributed by atoms with Gasteiger partial charge in [-0.25, -0.2) is 0 Å². The van der Waals surface area contributed by atoms with Crippen molar-refractivity contribution < 1.29 is 4.79 Å². The zero-order chi connectivity index (χ0) is 17.8. The Bertz CT molecular complexity index is 515. The molecule has 1 aromatic carbocycles. The third kappa shape index (κ3) is 11.0. The summed E-state index contributed by atoms with van der Waals surface area (Å²) in [6.45, 7) is 8.11. The molecule has 0 aliphatic rings. The number of hydrogen-bond acceptors (Lipinski definition) is 2. The van der Waals surface area contributed by atoms with Crippen LogP contribution in [0, 0.1) is 5.92 Å². The van der Waals surface area contributed by atoms with Gasteiger partial charge in [-0.2, -0.15) is 0 Å². The molecule has 25 heavy (non-hydrogen) atoms. The molecule has 3 N–H and O–H groups in total. The van der Waals surface area contributed by atoms with Gasteiger partial charge in [0.1, 0.15) is 0 Å². The highest BCUT2D eigenvalue weighted by atomic mass is 127. The van der Waals surface area contributed by atoms with E-state index in [1.807, 2.05) is 31.2 Å². The molecule has 0 aliphatic heterocycles. The second-order valence-corrected chi connectivity index (χ2v) is 6.38. The lowest BCUT2D eigenvalue weighted by molar-refractivity contribution is -0.116. The van der Waals surface area contributed by atoms with Crippen molar-refractivity contribution >= 4 is 41.5 Å². The number of amides is 1. The number of nitrogens with zero attached hydrogens (tertiary/aromatic N) is 1. The van der Waals surface area contributed by atoms with E-state index in [1.54, 1.807) is 7.05 Å². The van der Waals surface area contributed by atoms with E-state index in [2.05, 4.69) is 34.8 Å². The SMILES string of the molecule is CCCC(=O)Nc1ccc(CNC(=NC)NCCCC(C)C)cc1.I. The Hall–Kier alpha value is -1.31. The summed E-state index contributed by atoms with van der Waals surface area (Å²) >= 11 is 0. The summed E-state index contributed by atoms with van der Waals surface area (Å²) < 4.78 is 0. The molecular weight excluding hydrogens is 427 g/mol. The Balaban J connectivity index is 0.00000576. The molecule has 0 saturated heterocycles. The number of rotatable bonds is 9. The highest BCUT2D eigenvalue weighted by molar-refractivity contribution is 14.0. The van der Waals surface area contributed by atoms with E-state index >= 15 is 0 Å². The van der Waals surface area contributed by atoms with Crippen molar-refractivity contribution in [1.82, 2.24) is 10.6 Å². The van der Waals surface area contributed by atoms with Crippen LogP contribution in [-0.2, 0) is 11.3 Å². The van der Waals surface area contributed by atoms with E-state index < -0.39 is 0 Å². The summed E-state index contributed by atoms with van der Waals surface area (Å²) in [7, 11) is 1.78. The fourth-order valence-electron chi connectivity index (χ4n) is 2.28. The Morgan fingerprint density at radius 3 is 2.40 bits per heavy atom. The molecule has 0 heterocycles. The van der Waals surface area contributed by atoms with E-state index in [9.17, 15) is 4.79 Å². The van der Waals surface area contributed by atoms with Crippen molar-refractivity contribution in [3.05, 3.63) is 29.8 Å². The summed E-state index contributed by atoms with van der Waals surface area (Å²) in [5.41, 5.74) is 1.99. The van der Waals surface area contributed by atoms with E-state index in [1.165, 1.54) is 6.42 Å². The number of aliphatic imine (C=N–C) groups is 1. The first-order valence-electron chi connectivity index (χ1n) is 8.88. The smallest absolute Gasteiger partial charge is 0.224 e. The number of benzene rings is 1. The third-order valence-electron chi connectivity index (χ3n) is 3.65. The largest absolute Gasteiger partial charge is 0.356 e. The normalized spacial score (nSPS) is 11.0. The Labute approximate surface area is 169 Å². The minimum Gasteiger partial charge on any atom is -0.356 e. The second kappa shape index (κ2) is 13.9. The number of nitrogens with one attached hydrogen (secondary N) is 3. The number of carbonyl (C=O) groups is 1. The van der Waals surface area contributed by atoms with Crippen molar-refractivity contribution in [1.29, 1.82) is 0 Å². The molecule has 0 bridgehead atoms. The fraction of sp³-hybridized carbons (Fsp3) is 0.579. The minimum atomic E-state index is 0. The third-order valence-corrected chi connectivity index (χ3v) is 3.65. The van der Waals surface area contributed by atoms with Crippen LogP contribution in [0.4, 0.5) is 5.69 Å². The monoisotopic (exact) mass is 460 g/mol. The summed E-state index contributed by atoms with van der Waals surface area (Å²) in [4.78, 5) is 15.8. The van der Waals surface area contributed by atoms with Gasteiger partial charge in [-0.1, -0.05) is 32.9 Å². The second-order valence-electron chi connectivity index (χ2n) is 6.38. The predicted octanol–water partition coefficient (Wildman–Crippen LogP) is 4.14. The first kappa shape index (κ1) is 23.7. The molecule has 0 radical (unpaired) electrons. The summed E-state index contributed by atoms with van der Waals surface area (Å²) in [5, 5.41) is 9.53. The lowest BCUT2D eigenvalue weighted by Crippen LogP contribution is -2.37.